The van der Waals surface area contributed by atoms with Gasteiger partial charge in [0.15, 0.2) is 0 Å². The first-order valence-corrected chi connectivity index (χ1v) is 20.6. The maximum Gasteiger partial charge on any atom is 0.407 e. The first-order valence-electron chi connectivity index (χ1n) is 20.6. The van der Waals surface area contributed by atoms with Gasteiger partial charge in [-0.3, -0.25) is 9.59 Å². The van der Waals surface area contributed by atoms with Crippen molar-refractivity contribution in [2.24, 2.45) is 29.6 Å². The fourth-order valence-corrected chi connectivity index (χ4v) is 9.87. The van der Waals surface area contributed by atoms with Crippen molar-refractivity contribution in [1.82, 2.24) is 40.4 Å². The number of fused-ring (bicyclic) bond motifs is 3. The molecule has 4 fully saturated rings. The summed E-state index contributed by atoms with van der Waals surface area (Å²) in [7, 11) is 2.56. The van der Waals surface area contributed by atoms with Crippen molar-refractivity contribution in [1.29, 1.82) is 0 Å². The number of ether oxygens (including phenoxy) is 2. The van der Waals surface area contributed by atoms with E-state index in [1.165, 1.54) is 20.3 Å². The smallest absolute Gasteiger partial charge is 0.407 e. The lowest BCUT2D eigenvalue weighted by Gasteiger charge is -2.37. The lowest BCUT2D eigenvalue weighted by Crippen LogP contribution is -2.54. The van der Waals surface area contributed by atoms with Crippen LogP contribution in [-0.4, -0.2) is 92.1 Å². The third-order valence-corrected chi connectivity index (χ3v) is 13.1. The molecule has 4 N–H and O–H groups in total. The zero-order chi connectivity index (χ0) is 41.9. The second kappa shape index (κ2) is 15.8. The first-order chi connectivity index (χ1) is 28.3. The molecule has 2 aromatic carbocycles. The van der Waals surface area contributed by atoms with E-state index in [9.17, 15) is 19.2 Å². The molecule has 2 bridgehead atoms. The van der Waals surface area contributed by atoms with Crippen molar-refractivity contribution in [3.05, 3.63) is 72.3 Å². The molecule has 0 radical (unpaired) electrons. The summed E-state index contributed by atoms with van der Waals surface area (Å²) >= 11 is 0. The van der Waals surface area contributed by atoms with E-state index in [4.69, 9.17) is 14.5 Å². The van der Waals surface area contributed by atoms with Gasteiger partial charge in [0, 0.05) is 17.6 Å². The Morgan fingerprint density at radius 1 is 0.763 bits per heavy atom. The molecule has 4 aromatic rings. The van der Waals surface area contributed by atoms with Crippen molar-refractivity contribution < 1.29 is 33.0 Å². The molecule has 2 saturated heterocycles. The molecule has 4 unspecified atom stereocenters. The number of nitrogens with zero attached hydrogens (tertiary/aromatic N) is 4. The minimum absolute atomic E-state index is 0.0491. The van der Waals surface area contributed by atoms with E-state index in [-0.39, 0.29) is 53.7 Å². The number of H-pyrrole nitrogens is 2. The lowest BCUT2D eigenvalue weighted by molar-refractivity contribution is -0.139. The zero-order valence-corrected chi connectivity index (χ0v) is 34.5. The van der Waals surface area contributed by atoms with Gasteiger partial charge in [-0.05, 0) is 84.1 Å². The average Bonchev–Trinajstić information content (AvgIpc) is 3.96. The average molecular weight is 809 g/mol. The monoisotopic (exact) mass is 808 g/mol. The van der Waals surface area contributed by atoms with Crippen LogP contribution in [0.3, 0.4) is 0 Å². The second-order valence-electron chi connectivity index (χ2n) is 17.3. The van der Waals surface area contributed by atoms with Gasteiger partial charge in [0.1, 0.15) is 29.5 Å². The lowest BCUT2D eigenvalue weighted by atomic mass is 9.95. The Bertz CT molecular complexity index is 2240. The van der Waals surface area contributed by atoms with E-state index in [1.54, 1.807) is 18.5 Å². The van der Waals surface area contributed by atoms with E-state index >= 15 is 4.39 Å². The molecule has 14 nitrogen and oxygen atoms in total. The van der Waals surface area contributed by atoms with Gasteiger partial charge in [0.05, 0.1) is 50.1 Å². The highest BCUT2D eigenvalue weighted by molar-refractivity contribution is 5.88. The summed E-state index contributed by atoms with van der Waals surface area (Å²) in [5, 5.41) is 5.44. The van der Waals surface area contributed by atoms with E-state index < -0.39 is 30.1 Å². The number of rotatable bonds is 11. The summed E-state index contributed by atoms with van der Waals surface area (Å²) < 4.78 is 25.5. The molecule has 9 atom stereocenters. The van der Waals surface area contributed by atoms with Crippen LogP contribution in [0.1, 0.15) is 84.0 Å². The molecule has 4 heterocycles. The number of aromatic nitrogens is 4. The molecule has 15 heteroatoms. The molecular weight excluding hydrogens is 756 g/mol. The minimum atomic E-state index is -0.744. The fourth-order valence-electron chi connectivity index (χ4n) is 9.87. The fraction of sp³-hybridized carbons (Fsp3) is 0.500. The van der Waals surface area contributed by atoms with Crippen LogP contribution >= 0.6 is 0 Å². The Kier molecular flexibility index (Phi) is 10.7. The summed E-state index contributed by atoms with van der Waals surface area (Å²) in [6.45, 7) is 9.74. The number of carbonyl (C=O) groups excluding carboxylic acids is 4. The summed E-state index contributed by atoms with van der Waals surface area (Å²) in [4.78, 5) is 72.0. The second-order valence-corrected chi connectivity index (χ2v) is 17.3. The van der Waals surface area contributed by atoms with Crippen LogP contribution < -0.4 is 10.6 Å². The number of carbonyl (C=O) groups is 4. The normalized spacial score (nSPS) is 25.2. The standard InChI is InChI=1S/C44H53FN8O6/c1-21(2)35(50-43(56)58-6)41(54)52-28-14-12-27(16-28)38(52)40-47-20-33(49-40)29-15-13-26(17-31(29)45)24-8-10-25(11-9-24)32-19-46-39(48-32)34-18-30-23(5)37(30)53(34)42(55)36(22(3)4)51-44(57)59-7/h8-11,13,15,17,19-23,27-28,30,34-38H,12,14,16,18H2,1-7H3,(H,46,48)(H,47,49)(H,50,56)(H,51,57)/t23?,27-,28+,30?,34-,35?,36-,37?,38-/m0/s1. The molecule has 2 saturated carbocycles. The van der Waals surface area contributed by atoms with Crippen molar-refractivity contribution in [3.8, 4) is 33.6 Å². The molecule has 8 rings (SSSR count). The van der Waals surface area contributed by atoms with Crippen molar-refractivity contribution >= 4 is 24.0 Å². The minimum Gasteiger partial charge on any atom is -0.453 e. The largest absolute Gasteiger partial charge is 0.453 e. The predicted molar refractivity (Wildman–Crippen MR) is 217 cm³/mol. The van der Waals surface area contributed by atoms with Crippen LogP contribution in [0.5, 0.6) is 0 Å². The highest BCUT2D eigenvalue weighted by Crippen LogP contribution is 2.57. The van der Waals surface area contributed by atoms with E-state index in [2.05, 4.69) is 32.5 Å². The predicted octanol–water partition coefficient (Wildman–Crippen LogP) is 6.99. The maximum atomic E-state index is 15.9. The highest BCUT2D eigenvalue weighted by atomic mass is 19.1. The van der Waals surface area contributed by atoms with Crippen molar-refractivity contribution in [2.45, 2.75) is 96.6 Å². The molecule has 312 valence electrons. The first kappa shape index (κ1) is 40.1. The molecule has 2 aliphatic carbocycles. The van der Waals surface area contributed by atoms with Gasteiger partial charge in [0.25, 0.3) is 0 Å². The number of hydrogen-bond donors (Lipinski definition) is 4. The molecule has 4 amide bonds. The van der Waals surface area contributed by atoms with Crippen LogP contribution in [0.2, 0.25) is 0 Å². The number of amides is 4. The van der Waals surface area contributed by atoms with Gasteiger partial charge < -0.3 is 39.9 Å². The van der Waals surface area contributed by atoms with Gasteiger partial charge in [-0.15, -0.1) is 0 Å². The quantitative estimate of drug-likeness (QED) is 0.125. The zero-order valence-electron chi connectivity index (χ0n) is 34.5. The third kappa shape index (κ3) is 7.33. The Labute approximate surface area is 343 Å². The van der Waals surface area contributed by atoms with Crippen molar-refractivity contribution in [2.75, 3.05) is 14.2 Å². The molecule has 2 aliphatic heterocycles. The van der Waals surface area contributed by atoms with Crippen LogP contribution in [0.4, 0.5) is 14.0 Å². The summed E-state index contributed by atoms with van der Waals surface area (Å²) in [6.07, 6.45) is 5.61. The number of aromatic amines is 2. The Morgan fingerprint density at radius 2 is 1.34 bits per heavy atom. The van der Waals surface area contributed by atoms with Gasteiger partial charge >= 0.3 is 12.2 Å². The molecule has 4 aliphatic rings. The Balaban J connectivity index is 0.966. The SMILES string of the molecule is COC(=O)NC(C(=O)N1[C@@H]2CC[C@@H](C2)[C@H]1c1ncc(-c2ccc(-c3ccc(-c4cnc([C@@H]5CC6C(C)C6N5C(=O)[C@@H](NC(=O)OC)C(C)C)[nH]4)cc3)cc2F)[nH]1)C(C)C. The van der Waals surface area contributed by atoms with E-state index in [0.717, 1.165) is 42.5 Å². The Morgan fingerprint density at radius 3 is 1.97 bits per heavy atom. The number of methoxy groups -OCH3 is 2. The summed E-state index contributed by atoms with van der Waals surface area (Å²) in [5.74, 6) is 1.30. The number of piperidine rings is 2. The number of halogens is 1. The van der Waals surface area contributed by atoms with Crippen LogP contribution in [0, 0.1) is 35.4 Å². The van der Waals surface area contributed by atoms with E-state index in [0.29, 0.717) is 40.3 Å². The molecular formula is C44H53FN8O6. The van der Waals surface area contributed by atoms with E-state index in [1.807, 2.05) is 67.8 Å². The van der Waals surface area contributed by atoms with Crippen LogP contribution in [-0.2, 0) is 19.1 Å². The van der Waals surface area contributed by atoms with Gasteiger partial charge in [-0.25, -0.2) is 23.9 Å². The topological polar surface area (TPSA) is 175 Å². The number of nitrogens with one attached hydrogen (secondary N) is 4. The maximum absolute atomic E-state index is 15.9. The van der Waals surface area contributed by atoms with Gasteiger partial charge in [0.2, 0.25) is 11.8 Å². The number of imidazole rings is 2. The summed E-state index contributed by atoms with van der Waals surface area (Å²) in [5.41, 5.74) is 4.12. The van der Waals surface area contributed by atoms with Gasteiger partial charge in [-0.2, -0.15) is 0 Å². The highest BCUT2D eigenvalue weighted by Gasteiger charge is 2.61. The number of alkyl carbamates (subject to hydrolysis) is 2. The van der Waals surface area contributed by atoms with Crippen LogP contribution in [0.25, 0.3) is 33.6 Å². The van der Waals surface area contributed by atoms with Crippen LogP contribution in [0.15, 0.2) is 54.9 Å². The van der Waals surface area contributed by atoms with Gasteiger partial charge in [-0.1, -0.05) is 65.0 Å². The third-order valence-electron chi connectivity index (χ3n) is 13.1. The molecule has 59 heavy (non-hydrogen) atoms. The Hall–Kier alpha value is -5.73. The summed E-state index contributed by atoms with van der Waals surface area (Å²) in [6, 6.07) is 11.1. The molecule has 0 spiro atoms. The van der Waals surface area contributed by atoms with Crippen molar-refractivity contribution in [3.63, 3.8) is 0 Å². The molecule has 2 aromatic heterocycles. The number of hydrogen-bond acceptors (Lipinski definition) is 8. The number of benzene rings is 2. The number of likely N-dealkylation sites (tertiary alicyclic amines) is 2.